The minimum absolute atomic E-state index is 0.204. The van der Waals surface area contributed by atoms with Gasteiger partial charge >= 0.3 is 5.97 Å². The number of amides is 1. The average Bonchev–Trinajstić information content (AvgIpc) is 2.02. The van der Waals surface area contributed by atoms with E-state index in [-0.39, 0.29) is 12.2 Å². The molecule has 0 radical (unpaired) electrons. The Kier molecular flexibility index (Phi) is 3.90. The van der Waals surface area contributed by atoms with E-state index in [1.165, 1.54) is 0 Å². The molecule has 62 valence electrons. The van der Waals surface area contributed by atoms with Crippen molar-refractivity contribution >= 4 is 11.9 Å². The van der Waals surface area contributed by atoms with E-state index in [2.05, 4.69) is 11.3 Å². The maximum Gasteiger partial charge on any atom is 0.343 e. The maximum absolute atomic E-state index is 10.7. The first kappa shape index (κ1) is 9.64. The van der Waals surface area contributed by atoms with Crippen molar-refractivity contribution in [2.24, 2.45) is 5.84 Å². The van der Waals surface area contributed by atoms with E-state index in [1.54, 1.807) is 12.3 Å². The van der Waals surface area contributed by atoms with Gasteiger partial charge in [0.05, 0.1) is 6.61 Å². The molecule has 0 atom stereocenters. The predicted octanol–water partition coefficient (Wildman–Crippen LogP) is -0.904. The van der Waals surface area contributed by atoms with Crippen LogP contribution in [-0.4, -0.2) is 18.5 Å². The van der Waals surface area contributed by atoms with Gasteiger partial charge in [-0.15, -0.1) is 0 Å². The van der Waals surface area contributed by atoms with Gasteiger partial charge < -0.3 is 4.74 Å². The molecule has 5 heteroatoms. The van der Waals surface area contributed by atoms with E-state index >= 15 is 0 Å². The van der Waals surface area contributed by atoms with Crippen molar-refractivity contribution in [2.75, 3.05) is 6.61 Å². The third-order valence-corrected chi connectivity index (χ3v) is 0.927. The number of rotatable bonds is 3. The Morgan fingerprint density at radius 2 is 2.18 bits per heavy atom. The van der Waals surface area contributed by atoms with Gasteiger partial charge in [-0.05, 0) is 6.92 Å². The normalized spacial score (nSPS) is 8.55. The molecule has 0 aliphatic carbocycles. The minimum atomic E-state index is -0.754. The molecule has 0 fully saturated rings. The third kappa shape index (κ3) is 2.81. The molecule has 0 saturated carbocycles. The highest BCUT2D eigenvalue weighted by atomic mass is 16.5. The standard InChI is InChI=1S/C6H10N2O3/c1-3-11-6(10)4(2)5(9)8-7/h2-3,7H2,1H3,(H,8,9). The lowest BCUT2D eigenvalue weighted by Gasteiger charge is -2.02. The van der Waals surface area contributed by atoms with E-state index in [0.29, 0.717) is 0 Å². The second-order valence-electron chi connectivity index (χ2n) is 1.67. The van der Waals surface area contributed by atoms with Crippen LogP contribution in [0.25, 0.3) is 0 Å². The first-order valence-electron chi connectivity index (χ1n) is 3.00. The lowest BCUT2D eigenvalue weighted by molar-refractivity contribution is -0.140. The molecule has 0 aliphatic heterocycles. The molecular formula is C6H10N2O3. The fourth-order valence-corrected chi connectivity index (χ4v) is 0.398. The molecule has 0 spiro atoms. The Labute approximate surface area is 64.2 Å². The van der Waals surface area contributed by atoms with Crippen LogP contribution >= 0.6 is 0 Å². The van der Waals surface area contributed by atoms with Gasteiger partial charge in [0.15, 0.2) is 0 Å². The predicted molar refractivity (Wildman–Crippen MR) is 38.1 cm³/mol. The zero-order chi connectivity index (χ0) is 8.85. The number of carbonyl (C=O) groups excluding carboxylic acids is 2. The molecule has 11 heavy (non-hydrogen) atoms. The van der Waals surface area contributed by atoms with Crippen LogP contribution in [0.3, 0.4) is 0 Å². The minimum Gasteiger partial charge on any atom is -0.462 e. The zero-order valence-electron chi connectivity index (χ0n) is 6.22. The summed E-state index contributed by atoms with van der Waals surface area (Å²) in [5.74, 6) is 3.25. The summed E-state index contributed by atoms with van der Waals surface area (Å²) in [7, 11) is 0. The van der Waals surface area contributed by atoms with Crippen molar-refractivity contribution in [1.82, 2.24) is 5.43 Å². The number of hydrogen-bond donors (Lipinski definition) is 2. The lowest BCUT2D eigenvalue weighted by Crippen LogP contribution is -2.33. The molecule has 0 aromatic carbocycles. The van der Waals surface area contributed by atoms with Gasteiger partial charge in [0.2, 0.25) is 0 Å². The van der Waals surface area contributed by atoms with E-state index in [4.69, 9.17) is 5.84 Å². The fraction of sp³-hybridized carbons (Fsp3) is 0.333. The number of ether oxygens (including phenoxy) is 1. The zero-order valence-corrected chi connectivity index (χ0v) is 6.22. The first-order chi connectivity index (χ1) is 5.13. The van der Waals surface area contributed by atoms with Crippen molar-refractivity contribution in [3.63, 3.8) is 0 Å². The molecule has 0 saturated heterocycles. The molecule has 0 unspecified atom stereocenters. The SMILES string of the molecule is C=C(C(=O)NN)C(=O)OCC. The molecule has 0 aromatic rings. The van der Waals surface area contributed by atoms with E-state index < -0.39 is 11.9 Å². The Bertz CT molecular complexity index is 188. The van der Waals surface area contributed by atoms with Crippen molar-refractivity contribution in [2.45, 2.75) is 6.92 Å². The molecule has 0 bridgehead atoms. The van der Waals surface area contributed by atoms with Crippen LogP contribution in [0.4, 0.5) is 0 Å². The molecular weight excluding hydrogens is 148 g/mol. The Morgan fingerprint density at radius 1 is 1.64 bits per heavy atom. The average molecular weight is 158 g/mol. The van der Waals surface area contributed by atoms with E-state index in [0.717, 1.165) is 0 Å². The van der Waals surface area contributed by atoms with Crippen molar-refractivity contribution < 1.29 is 14.3 Å². The second-order valence-corrected chi connectivity index (χ2v) is 1.67. The van der Waals surface area contributed by atoms with E-state index in [1.807, 2.05) is 0 Å². The Morgan fingerprint density at radius 3 is 2.55 bits per heavy atom. The number of hydrogen-bond acceptors (Lipinski definition) is 4. The number of hydrazine groups is 1. The summed E-state index contributed by atoms with van der Waals surface area (Å²) in [6, 6.07) is 0. The topological polar surface area (TPSA) is 81.4 Å². The molecule has 5 nitrogen and oxygen atoms in total. The fourth-order valence-electron chi connectivity index (χ4n) is 0.398. The summed E-state index contributed by atoms with van der Waals surface area (Å²) in [6.45, 7) is 5.01. The molecule has 0 aromatic heterocycles. The summed E-state index contributed by atoms with van der Waals surface area (Å²) in [6.07, 6.45) is 0. The third-order valence-electron chi connectivity index (χ3n) is 0.927. The van der Waals surface area contributed by atoms with Gasteiger partial charge in [0.25, 0.3) is 5.91 Å². The van der Waals surface area contributed by atoms with Gasteiger partial charge in [0, 0.05) is 0 Å². The van der Waals surface area contributed by atoms with Gasteiger partial charge in [-0.1, -0.05) is 6.58 Å². The number of nitrogens with two attached hydrogens (primary N) is 1. The summed E-state index contributed by atoms with van der Waals surface area (Å²) >= 11 is 0. The van der Waals surface area contributed by atoms with Gasteiger partial charge in [-0.25, -0.2) is 10.6 Å². The molecule has 3 N–H and O–H groups in total. The molecule has 1 amide bonds. The monoisotopic (exact) mass is 158 g/mol. The second kappa shape index (κ2) is 4.45. The van der Waals surface area contributed by atoms with Gasteiger partial charge in [-0.3, -0.25) is 10.2 Å². The Hall–Kier alpha value is -1.36. The van der Waals surface area contributed by atoms with Crippen LogP contribution in [0.1, 0.15) is 6.92 Å². The Balaban J connectivity index is 4.03. The van der Waals surface area contributed by atoms with Crippen LogP contribution in [0, 0.1) is 0 Å². The van der Waals surface area contributed by atoms with Crippen molar-refractivity contribution in [3.05, 3.63) is 12.2 Å². The molecule has 0 aliphatic rings. The smallest absolute Gasteiger partial charge is 0.343 e. The maximum atomic E-state index is 10.7. The van der Waals surface area contributed by atoms with Crippen LogP contribution in [0.15, 0.2) is 12.2 Å². The van der Waals surface area contributed by atoms with Crippen molar-refractivity contribution in [3.8, 4) is 0 Å². The molecule has 0 rings (SSSR count). The van der Waals surface area contributed by atoms with Gasteiger partial charge in [0.1, 0.15) is 5.57 Å². The van der Waals surface area contributed by atoms with Crippen LogP contribution in [-0.2, 0) is 14.3 Å². The van der Waals surface area contributed by atoms with E-state index in [9.17, 15) is 9.59 Å². The molecule has 0 heterocycles. The van der Waals surface area contributed by atoms with Crippen molar-refractivity contribution in [1.29, 1.82) is 0 Å². The summed E-state index contributed by atoms with van der Waals surface area (Å²) in [5.41, 5.74) is 1.47. The largest absolute Gasteiger partial charge is 0.462 e. The highest BCUT2D eigenvalue weighted by molar-refractivity contribution is 6.15. The highest BCUT2D eigenvalue weighted by Crippen LogP contribution is 1.92. The quantitative estimate of drug-likeness (QED) is 0.106. The number of esters is 1. The van der Waals surface area contributed by atoms with Crippen LogP contribution < -0.4 is 11.3 Å². The summed E-state index contributed by atoms with van der Waals surface area (Å²) in [5, 5.41) is 0. The highest BCUT2D eigenvalue weighted by Gasteiger charge is 2.14. The number of carbonyl (C=O) groups is 2. The lowest BCUT2D eigenvalue weighted by atomic mass is 10.3. The summed E-state index contributed by atoms with van der Waals surface area (Å²) < 4.78 is 4.47. The summed E-state index contributed by atoms with van der Waals surface area (Å²) in [4.78, 5) is 21.3. The number of nitrogens with one attached hydrogen (secondary N) is 1. The van der Waals surface area contributed by atoms with Crippen LogP contribution in [0.2, 0.25) is 0 Å². The van der Waals surface area contributed by atoms with Crippen LogP contribution in [0.5, 0.6) is 0 Å². The van der Waals surface area contributed by atoms with Gasteiger partial charge in [-0.2, -0.15) is 0 Å². The first-order valence-corrected chi connectivity index (χ1v) is 3.00.